The van der Waals surface area contributed by atoms with Gasteiger partial charge in [-0.2, -0.15) is 0 Å². The number of hydrogen-bond acceptors (Lipinski definition) is 3. The van der Waals surface area contributed by atoms with Gasteiger partial charge in [0.1, 0.15) is 22.5 Å². The molecule has 184 valence electrons. The fourth-order valence-electron chi connectivity index (χ4n) is 3.32. The van der Waals surface area contributed by atoms with Gasteiger partial charge in [0.2, 0.25) is 6.33 Å². The number of imidazole rings is 1. The molecule has 0 bridgehead atoms. The minimum absolute atomic E-state index is 0.178. The fraction of sp³-hybridized carbons (Fsp3) is 0.370. The molecule has 0 saturated heterocycles. The van der Waals surface area contributed by atoms with E-state index in [1.807, 2.05) is 31.2 Å². The first-order valence-electron chi connectivity index (χ1n) is 11.8. The molecule has 0 saturated carbocycles. The Bertz CT molecular complexity index is 1110. The van der Waals surface area contributed by atoms with Crippen molar-refractivity contribution in [3.63, 3.8) is 0 Å². The maximum atomic E-state index is 10.4. The van der Waals surface area contributed by atoms with Crippen LogP contribution in [0, 0.1) is 6.92 Å². The highest BCUT2D eigenvalue weighted by Gasteiger charge is 2.02. The third-order valence-corrected chi connectivity index (χ3v) is 6.41. The van der Waals surface area contributed by atoms with E-state index in [0.29, 0.717) is 0 Å². The molecule has 1 heterocycles. The van der Waals surface area contributed by atoms with E-state index in [1.165, 1.54) is 49.8 Å². The van der Waals surface area contributed by atoms with Crippen LogP contribution in [0.25, 0.3) is 6.08 Å². The maximum Gasteiger partial charge on any atom is 0.243 e. The lowest BCUT2D eigenvalue weighted by Gasteiger charge is -2.05. The van der Waals surface area contributed by atoms with Crippen molar-refractivity contribution < 1.29 is 17.5 Å². The zero-order chi connectivity index (χ0) is 24.8. The van der Waals surface area contributed by atoms with Crippen molar-refractivity contribution in [3.8, 4) is 0 Å². The molecule has 0 aliphatic carbocycles. The standard InChI is InChI=1S/C20H28ClN2.C7H8O3S/c1-2-3-4-5-7-14-22-16-17-23(18-22)15-8-6-9-19-10-12-20(21)13-11-19;1-6-2-4-7(5-3-6)11(8,9)10/h6,9-13,16-18H,2-5,7-8,14-15H2,1H3;2-5H,1H3,(H,8,9,10)/q+1;/p-1. The summed E-state index contributed by atoms with van der Waals surface area (Å²) in [4.78, 5) is -0.178. The molecule has 0 unspecified atom stereocenters. The van der Waals surface area contributed by atoms with Crippen LogP contribution in [-0.4, -0.2) is 17.5 Å². The smallest absolute Gasteiger partial charge is 0.243 e. The van der Waals surface area contributed by atoms with Gasteiger partial charge in [0.15, 0.2) is 0 Å². The summed E-state index contributed by atoms with van der Waals surface area (Å²) in [5.74, 6) is 0. The Hall–Kier alpha value is -2.41. The second kappa shape index (κ2) is 14.8. The second-order valence-electron chi connectivity index (χ2n) is 8.31. The zero-order valence-corrected chi connectivity index (χ0v) is 21.6. The van der Waals surface area contributed by atoms with Crippen LogP contribution in [0.2, 0.25) is 5.02 Å². The van der Waals surface area contributed by atoms with E-state index in [4.69, 9.17) is 11.6 Å². The second-order valence-corrected chi connectivity index (χ2v) is 10.1. The monoisotopic (exact) mass is 502 g/mol. The number of unbranched alkanes of at least 4 members (excludes halogenated alkanes) is 4. The molecule has 1 aromatic heterocycles. The Balaban J connectivity index is 0.000000310. The number of benzene rings is 2. The van der Waals surface area contributed by atoms with E-state index in [1.54, 1.807) is 12.1 Å². The van der Waals surface area contributed by atoms with E-state index in [-0.39, 0.29) is 4.90 Å². The summed E-state index contributed by atoms with van der Waals surface area (Å²) in [6, 6.07) is 13.7. The van der Waals surface area contributed by atoms with Crippen molar-refractivity contribution in [3.05, 3.63) is 89.5 Å². The molecule has 0 radical (unpaired) electrons. The molecule has 34 heavy (non-hydrogen) atoms. The van der Waals surface area contributed by atoms with Crippen molar-refractivity contribution in [2.45, 2.75) is 70.4 Å². The normalized spacial score (nSPS) is 11.4. The van der Waals surface area contributed by atoms with Gasteiger partial charge in [-0.25, -0.2) is 17.6 Å². The van der Waals surface area contributed by atoms with Crippen LogP contribution in [-0.2, 0) is 23.2 Å². The van der Waals surface area contributed by atoms with E-state index < -0.39 is 10.1 Å². The molecule has 3 aromatic rings. The number of halogens is 1. The van der Waals surface area contributed by atoms with Gasteiger partial charge in [-0.1, -0.05) is 79.8 Å². The topological polar surface area (TPSA) is 66.0 Å². The Labute approximate surface area is 209 Å². The SMILES string of the molecule is CCCCCCC[n+]1ccn(CCC=Cc2ccc(Cl)cc2)c1.Cc1ccc(S(=O)(=O)[O-])cc1. The summed E-state index contributed by atoms with van der Waals surface area (Å²) < 4.78 is 35.7. The predicted octanol–water partition coefficient (Wildman–Crippen LogP) is 6.40. The number of rotatable bonds is 11. The minimum atomic E-state index is -4.27. The molecule has 0 aliphatic heterocycles. The minimum Gasteiger partial charge on any atom is -0.744 e. The van der Waals surface area contributed by atoms with Crippen molar-refractivity contribution in [1.29, 1.82) is 0 Å². The molecular weight excluding hydrogens is 468 g/mol. The van der Waals surface area contributed by atoms with Gasteiger partial charge in [0, 0.05) is 11.4 Å². The Morgan fingerprint density at radius 3 is 2.32 bits per heavy atom. The average Bonchev–Trinajstić information content (AvgIpc) is 3.25. The van der Waals surface area contributed by atoms with E-state index in [9.17, 15) is 13.0 Å². The first kappa shape index (κ1) is 27.8. The highest BCUT2D eigenvalue weighted by atomic mass is 35.5. The highest BCUT2D eigenvalue weighted by molar-refractivity contribution is 7.85. The lowest BCUT2D eigenvalue weighted by Crippen LogP contribution is -2.30. The molecule has 0 N–H and O–H groups in total. The van der Waals surface area contributed by atoms with Gasteiger partial charge < -0.3 is 4.55 Å². The molecule has 5 nitrogen and oxygen atoms in total. The summed E-state index contributed by atoms with van der Waals surface area (Å²) in [6.45, 7) is 6.24. The molecule has 0 spiro atoms. The number of aryl methyl sites for hydroxylation is 3. The van der Waals surface area contributed by atoms with E-state index >= 15 is 0 Å². The summed E-state index contributed by atoms with van der Waals surface area (Å²) in [5, 5.41) is 0.786. The zero-order valence-electron chi connectivity index (χ0n) is 20.1. The number of nitrogens with zero attached hydrogens (tertiary/aromatic N) is 2. The molecule has 2 aromatic carbocycles. The quantitative estimate of drug-likeness (QED) is 0.173. The first-order valence-corrected chi connectivity index (χ1v) is 13.6. The molecule has 3 rings (SSSR count). The number of aromatic nitrogens is 2. The fourth-order valence-corrected chi connectivity index (χ4v) is 3.92. The van der Waals surface area contributed by atoms with Crippen molar-refractivity contribution in [2.24, 2.45) is 0 Å². The van der Waals surface area contributed by atoms with Crippen LogP contribution >= 0.6 is 11.6 Å². The predicted molar refractivity (Wildman–Crippen MR) is 138 cm³/mol. The van der Waals surface area contributed by atoms with E-state index in [0.717, 1.165) is 30.1 Å². The first-order chi connectivity index (χ1) is 16.3. The Morgan fingerprint density at radius 1 is 1.00 bits per heavy atom. The summed E-state index contributed by atoms with van der Waals surface area (Å²) in [5.41, 5.74) is 2.13. The molecular formula is C27H35ClN2O3S. The van der Waals surface area contributed by atoms with Crippen LogP contribution in [0.4, 0.5) is 0 Å². The number of allylic oxidation sites excluding steroid dienone is 1. The molecule has 0 aliphatic rings. The molecule has 0 amide bonds. The van der Waals surface area contributed by atoms with Crippen molar-refractivity contribution in [1.82, 2.24) is 4.57 Å². The van der Waals surface area contributed by atoms with Gasteiger partial charge >= 0.3 is 0 Å². The van der Waals surface area contributed by atoms with Gasteiger partial charge in [0.25, 0.3) is 0 Å². The van der Waals surface area contributed by atoms with Crippen molar-refractivity contribution >= 4 is 27.8 Å². The average molecular weight is 503 g/mol. The summed E-state index contributed by atoms with van der Waals surface area (Å²) in [6.07, 6.45) is 18.7. The third kappa shape index (κ3) is 11.1. The Morgan fingerprint density at radius 2 is 1.68 bits per heavy atom. The van der Waals surface area contributed by atoms with Crippen LogP contribution in [0.5, 0.6) is 0 Å². The van der Waals surface area contributed by atoms with Crippen LogP contribution < -0.4 is 4.57 Å². The van der Waals surface area contributed by atoms with Crippen LogP contribution in [0.15, 0.2) is 78.2 Å². The molecule has 7 heteroatoms. The lowest BCUT2D eigenvalue weighted by atomic mass is 10.1. The van der Waals surface area contributed by atoms with Crippen LogP contribution in [0.1, 0.15) is 56.6 Å². The maximum absolute atomic E-state index is 10.4. The third-order valence-electron chi connectivity index (χ3n) is 5.31. The van der Waals surface area contributed by atoms with Gasteiger partial charge in [-0.15, -0.1) is 0 Å². The van der Waals surface area contributed by atoms with Crippen molar-refractivity contribution in [2.75, 3.05) is 0 Å². The summed E-state index contributed by atoms with van der Waals surface area (Å²) in [7, 11) is -4.27. The highest BCUT2D eigenvalue weighted by Crippen LogP contribution is 2.11. The summed E-state index contributed by atoms with van der Waals surface area (Å²) >= 11 is 5.89. The van der Waals surface area contributed by atoms with Gasteiger partial charge in [-0.05, 0) is 49.6 Å². The lowest BCUT2D eigenvalue weighted by molar-refractivity contribution is -0.696. The Kier molecular flexibility index (Phi) is 12.1. The van der Waals surface area contributed by atoms with E-state index in [2.05, 4.69) is 46.9 Å². The van der Waals surface area contributed by atoms with Gasteiger partial charge in [0.05, 0.1) is 18.0 Å². The van der Waals surface area contributed by atoms with Crippen LogP contribution in [0.3, 0.4) is 0 Å². The largest absolute Gasteiger partial charge is 0.744 e. The molecule has 0 fully saturated rings. The number of hydrogen-bond donors (Lipinski definition) is 0. The molecule has 0 atom stereocenters. The van der Waals surface area contributed by atoms with Gasteiger partial charge in [-0.3, -0.25) is 0 Å².